The van der Waals surface area contributed by atoms with E-state index in [4.69, 9.17) is 10.8 Å². The van der Waals surface area contributed by atoms with E-state index in [0.29, 0.717) is 17.4 Å². The number of hydrogen-bond acceptors (Lipinski definition) is 7. The number of anilines is 1. The summed E-state index contributed by atoms with van der Waals surface area (Å²) in [6.07, 6.45) is 3.70. The molecular formula is C23H31N7O2. The van der Waals surface area contributed by atoms with Crippen LogP contribution in [0.15, 0.2) is 30.5 Å². The number of aromatic nitrogens is 2. The van der Waals surface area contributed by atoms with Crippen molar-refractivity contribution >= 4 is 23.9 Å². The Balaban J connectivity index is 1.74. The van der Waals surface area contributed by atoms with Crippen molar-refractivity contribution in [3.63, 3.8) is 0 Å². The number of aliphatic hydroxyl groups is 1. The zero-order valence-electron chi connectivity index (χ0n) is 18.8. The maximum Gasteiger partial charge on any atom is 0.275 e. The minimum atomic E-state index is -0.435. The lowest BCUT2D eigenvalue weighted by atomic mass is 10.00. The summed E-state index contributed by atoms with van der Waals surface area (Å²) >= 11 is 0. The first kappa shape index (κ1) is 23.5. The minimum Gasteiger partial charge on any atom is -0.394 e. The van der Waals surface area contributed by atoms with Crippen LogP contribution in [0.25, 0.3) is 0 Å². The largest absolute Gasteiger partial charge is 0.394 e. The third kappa shape index (κ3) is 5.54. The number of nitrogens with one attached hydrogen (secondary N) is 3. The Kier molecular flexibility index (Phi) is 7.66. The van der Waals surface area contributed by atoms with E-state index in [1.165, 1.54) is 10.5 Å². The molecule has 0 radical (unpaired) electrons. The second kappa shape index (κ2) is 10.4. The molecule has 3 heterocycles. The van der Waals surface area contributed by atoms with Crippen molar-refractivity contribution in [3.8, 4) is 0 Å². The van der Waals surface area contributed by atoms with Gasteiger partial charge < -0.3 is 15.3 Å². The number of hydrogen-bond donors (Lipinski definition) is 4. The van der Waals surface area contributed by atoms with Gasteiger partial charge in [-0.25, -0.2) is 4.98 Å². The molecule has 1 aliphatic heterocycles. The first-order valence-corrected chi connectivity index (χ1v) is 10.8. The molecule has 9 nitrogen and oxygen atoms in total. The number of amidine groups is 1. The molecule has 2 aromatic rings. The van der Waals surface area contributed by atoms with Crippen molar-refractivity contribution in [1.82, 2.24) is 19.8 Å². The molecule has 4 N–H and O–H groups in total. The van der Waals surface area contributed by atoms with Crippen molar-refractivity contribution in [2.45, 2.75) is 39.8 Å². The Labute approximate surface area is 188 Å². The van der Waals surface area contributed by atoms with Gasteiger partial charge in [-0.1, -0.05) is 19.9 Å². The van der Waals surface area contributed by atoms with Gasteiger partial charge in [0.2, 0.25) is 0 Å². The van der Waals surface area contributed by atoms with Crippen LogP contribution in [0.5, 0.6) is 0 Å². The molecule has 2 aromatic heterocycles. The number of aliphatic hydroxyl groups excluding tert-OH is 1. The van der Waals surface area contributed by atoms with Crippen LogP contribution in [0.4, 0.5) is 5.82 Å². The highest BCUT2D eigenvalue weighted by molar-refractivity contribution is 6.04. The van der Waals surface area contributed by atoms with E-state index in [2.05, 4.69) is 34.0 Å². The van der Waals surface area contributed by atoms with Crippen molar-refractivity contribution in [3.05, 3.63) is 53.0 Å². The van der Waals surface area contributed by atoms with E-state index < -0.39 is 6.04 Å². The summed E-state index contributed by atoms with van der Waals surface area (Å²) in [4.78, 5) is 25.2. The van der Waals surface area contributed by atoms with Crippen molar-refractivity contribution < 1.29 is 9.90 Å². The molecular weight excluding hydrogens is 406 g/mol. The summed E-state index contributed by atoms with van der Waals surface area (Å²) < 4.78 is 0. The zero-order valence-corrected chi connectivity index (χ0v) is 18.8. The van der Waals surface area contributed by atoms with Crippen LogP contribution in [0.3, 0.4) is 0 Å². The molecule has 0 saturated carbocycles. The molecule has 1 unspecified atom stereocenters. The summed E-state index contributed by atoms with van der Waals surface area (Å²) in [6, 6.07) is 6.36. The molecule has 0 aromatic carbocycles. The van der Waals surface area contributed by atoms with Crippen LogP contribution in [0, 0.1) is 16.7 Å². The van der Waals surface area contributed by atoms with Crippen molar-refractivity contribution in [2.24, 2.45) is 5.92 Å². The first-order chi connectivity index (χ1) is 15.3. The number of amides is 1. The van der Waals surface area contributed by atoms with Gasteiger partial charge in [-0.15, -0.1) is 0 Å². The molecule has 0 fully saturated rings. The fourth-order valence-corrected chi connectivity index (χ4v) is 3.74. The molecule has 9 heteroatoms. The van der Waals surface area contributed by atoms with Crippen LogP contribution in [-0.4, -0.2) is 68.7 Å². The van der Waals surface area contributed by atoms with E-state index in [1.807, 2.05) is 6.07 Å². The Morgan fingerprint density at radius 3 is 2.78 bits per heavy atom. The van der Waals surface area contributed by atoms with Gasteiger partial charge in [-0.2, -0.15) is 0 Å². The predicted octanol–water partition coefficient (Wildman–Crippen LogP) is 2.36. The molecule has 0 saturated heterocycles. The zero-order chi connectivity index (χ0) is 23.3. The smallest absolute Gasteiger partial charge is 0.275 e. The van der Waals surface area contributed by atoms with Crippen molar-refractivity contribution in [1.29, 1.82) is 10.8 Å². The summed E-state index contributed by atoms with van der Waals surface area (Å²) in [5, 5.41) is 27.9. The monoisotopic (exact) mass is 437 g/mol. The first-order valence-electron chi connectivity index (χ1n) is 10.8. The lowest BCUT2D eigenvalue weighted by Crippen LogP contribution is -2.39. The average Bonchev–Trinajstić information content (AvgIpc) is 2.78. The molecule has 170 valence electrons. The van der Waals surface area contributed by atoms with E-state index in [9.17, 15) is 9.90 Å². The van der Waals surface area contributed by atoms with E-state index in [0.717, 1.165) is 38.0 Å². The third-order valence-electron chi connectivity index (χ3n) is 5.40. The second-order valence-electron chi connectivity index (χ2n) is 8.50. The van der Waals surface area contributed by atoms with Crippen molar-refractivity contribution in [2.75, 3.05) is 25.0 Å². The molecule has 32 heavy (non-hydrogen) atoms. The quantitative estimate of drug-likeness (QED) is 0.371. The summed E-state index contributed by atoms with van der Waals surface area (Å²) in [6.45, 7) is 8.74. The van der Waals surface area contributed by atoms with Gasteiger partial charge in [0.05, 0.1) is 19.0 Å². The molecule has 0 aliphatic carbocycles. The Bertz CT molecular complexity index is 992. The maximum atomic E-state index is 12.8. The van der Waals surface area contributed by atoms with Gasteiger partial charge in [0.15, 0.2) is 5.84 Å². The molecule has 0 spiro atoms. The Hall–Kier alpha value is -3.17. The maximum absolute atomic E-state index is 12.8. The van der Waals surface area contributed by atoms with Crippen LogP contribution in [-0.2, 0) is 13.0 Å². The molecule has 0 bridgehead atoms. The summed E-state index contributed by atoms with van der Waals surface area (Å²) in [7, 11) is 0. The highest BCUT2D eigenvalue weighted by atomic mass is 16.3. The lowest BCUT2D eigenvalue weighted by Gasteiger charge is -2.30. The molecule has 1 atom stereocenters. The van der Waals surface area contributed by atoms with E-state index in [-0.39, 0.29) is 24.0 Å². The van der Waals surface area contributed by atoms with Gasteiger partial charge in [-0.05, 0) is 48.6 Å². The van der Waals surface area contributed by atoms with Gasteiger partial charge in [-0.3, -0.25) is 25.5 Å². The average molecular weight is 438 g/mol. The normalized spacial score (nSPS) is 14.5. The second-order valence-corrected chi connectivity index (χ2v) is 8.50. The fraction of sp³-hybridized carbons (Fsp3) is 0.435. The summed E-state index contributed by atoms with van der Waals surface area (Å²) in [5.41, 5.74) is 2.92. The van der Waals surface area contributed by atoms with Gasteiger partial charge >= 0.3 is 0 Å². The Morgan fingerprint density at radius 2 is 2.09 bits per heavy atom. The third-order valence-corrected chi connectivity index (χ3v) is 5.40. The number of rotatable bonds is 8. The predicted molar refractivity (Wildman–Crippen MR) is 124 cm³/mol. The van der Waals surface area contributed by atoms with Crippen LogP contribution < -0.4 is 5.32 Å². The van der Waals surface area contributed by atoms with Gasteiger partial charge in [0.25, 0.3) is 5.91 Å². The van der Waals surface area contributed by atoms with Gasteiger partial charge in [0.1, 0.15) is 17.2 Å². The highest BCUT2D eigenvalue weighted by Gasteiger charge is 2.21. The SMILES string of the molecule is CC(C)CN1CCc2cnc(C(=O)Nc3cccc(C(=N)N(C=N)C(C)CO)n3)cc2C1. The molecule has 1 aliphatic rings. The molecule has 1 amide bonds. The van der Waals surface area contributed by atoms with E-state index >= 15 is 0 Å². The highest BCUT2D eigenvalue weighted by Crippen LogP contribution is 2.20. The Morgan fingerprint density at radius 1 is 1.31 bits per heavy atom. The summed E-state index contributed by atoms with van der Waals surface area (Å²) in [5.74, 6) is 0.481. The number of nitrogens with zero attached hydrogens (tertiary/aromatic N) is 4. The van der Waals surface area contributed by atoms with Crippen LogP contribution in [0.2, 0.25) is 0 Å². The standard InChI is InChI=1S/C23H31N7O2/c1-15(2)11-29-8-7-17-10-26-20(9-18(17)12-29)23(32)28-21-6-4-5-19(27-21)22(25)30(14-24)16(3)13-31/h4-6,9-10,14-16,24-25,31H,7-8,11-13H2,1-3H3,(H,27,28,32). The lowest BCUT2D eigenvalue weighted by molar-refractivity contribution is 0.102. The number of carbonyl (C=O) groups excluding carboxylic acids is 1. The van der Waals surface area contributed by atoms with Gasteiger partial charge in [0, 0.05) is 25.8 Å². The van der Waals surface area contributed by atoms with Crippen LogP contribution >= 0.6 is 0 Å². The fourth-order valence-electron chi connectivity index (χ4n) is 3.74. The molecule has 3 rings (SSSR count). The topological polar surface area (TPSA) is 129 Å². The minimum absolute atomic E-state index is 0.0326. The number of pyridine rings is 2. The van der Waals surface area contributed by atoms with E-state index in [1.54, 1.807) is 31.3 Å². The van der Waals surface area contributed by atoms with Crippen LogP contribution in [0.1, 0.15) is 48.1 Å². The number of carbonyl (C=O) groups is 1. The number of fused-ring (bicyclic) bond motifs is 1.